The zero-order valence-electron chi connectivity index (χ0n) is 16.0. The van der Waals surface area contributed by atoms with E-state index in [1.54, 1.807) is 30.4 Å². The van der Waals surface area contributed by atoms with E-state index in [1.807, 2.05) is 0 Å². The van der Waals surface area contributed by atoms with Crippen LogP contribution in [-0.4, -0.2) is 26.8 Å². The van der Waals surface area contributed by atoms with Crippen molar-refractivity contribution in [3.8, 4) is 0 Å². The van der Waals surface area contributed by atoms with Gasteiger partial charge in [0.1, 0.15) is 0 Å². The van der Waals surface area contributed by atoms with Gasteiger partial charge >= 0.3 is 0 Å². The zero-order valence-corrected chi connectivity index (χ0v) is 17.6. The van der Waals surface area contributed by atoms with E-state index < -0.39 is 25.9 Å². The highest BCUT2D eigenvalue weighted by atomic mass is 32.2. The van der Waals surface area contributed by atoms with Crippen LogP contribution in [0.4, 0.5) is 16.2 Å². The van der Waals surface area contributed by atoms with Crippen LogP contribution in [0.1, 0.15) is 12.8 Å². The molecule has 1 aromatic heterocycles. The maximum Gasteiger partial charge on any atom is 0.231 e. The lowest BCUT2D eigenvalue weighted by molar-refractivity contribution is 0.604. The Kier molecular flexibility index (Phi) is 6.50. The molecule has 0 unspecified atom stereocenters. The Hall–Kier alpha value is -3.13. The fourth-order valence-electron chi connectivity index (χ4n) is 2.78. The van der Waals surface area contributed by atoms with Crippen molar-refractivity contribution < 1.29 is 21.2 Å². The molecule has 0 bridgehead atoms. The lowest BCUT2D eigenvalue weighted by Gasteiger charge is -2.14. The Morgan fingerprint density at radius 3 is 1.94 bits per heavy atom. The number of hydrogen-bond acceptors (Lipinski definition) is 8. The second kappa shape index (κ2) is 8.93. The monoisotopic (exact) mass is 466 g/mol. The summed E-state index contributed by atoms with van der Waals surface area (Å²) in [5.41, 5.74) is 1.76. The number of sulfonamides is 2. The molecular weight excluding hydrogens is 447 g/mol. The number of nitrogens with zero attached hydrogens (tertiary/aromatic N) is 2. The Morgan fingerprint density at radius 2 is 1.42 bits per heavy atom. The smallest absolute Gasteiger partial charge is 0.231 e. The minimum atomic E-state index is -3.81. The molecule has 2 aliphatic carbocycles. The minimum absolute atomic E-state index is 0.0531. The van der Waals surface area contributed by atoms with Gasteiger partial charge < -0.3 is 10.6 Å². The van der Waals surface area contributed by atoms with E-state index in [9.17, 15) is 21.2 Å². The Labute approximate surface area is 178 Å². The van der Waals surface area contributed by atoms with Crippen molar-refractivity contribution in [2.45, 2.75) is 12.8 Å². The van der Waals surface area contributed by atoms with E-state index in [4.69, 9.17) is 10.3 Å². The number of anilines is 2. The fourth-order valence-corrected chi connectivity index (χ4v) is 3.95. The molecule has 1 aromatic rings. The highest BCUT2D eigenvalue weighted by Crippen LogP contribution is 2.22. The van der Waals surface area contributed by atoms with Crippen LogP contribution in [0.5, 0.6) is 0 Å². The van der Waals surface area contributed by atoms with Crippen molar-refractivity contribution in [1.29, 1.82) is 0 Å². The number of allylic oxidation sites excluding steroid dienone is 8. The van der Waals surface area contributed by atoms with E-state index >= 15 is 0 Å². The van der Waals surface area contributed by atoms with Crippen molar-refractivity contribution in [2.75, 3.05) is 10.6 Å². The summed E-state index contributed by atoms with van der Waals surface area (Å²) in [6.07, 6.45) is 11.5. The van der Waals surface area contributed by atoms with Gasteiger partial charge in [-0.3, -0.25) is 0 Å². The van der Waals surface area contributed by atoms with Gasteiger partial charge in [-0.1, -0.05) is 12.2 Å². The van der Waals surface area contributed by atoms with Crippen molar-refractivity contribution in [1.82, 2.24) is 9.97 Å². The zero-order chi connectivity index (χ0) is 22.6. The largest absolute Gasteiger partial charge is 0.338 e. The van der Waals surface area contributed by atoms with Crippen molar-refractivity contribution in [3.63, 3.8) is 0 Å². The van der Waals surface area contributed by atoms with E-state index in [-0.39, 0.29) is 11.8 Å². The number of nitrogens with two attached hydrogens (primary N) is 2. The van der Waals surface area contributed by atoms with Gasteiger partial charge in [0.2, 0.25) is 26.0 Å². The SMILES string of the molecule is NS(=O)(=O)C=C1C=C(Nc2ncc(F)c(NC3=CC(=CS(N)(=O)=O)CC=C3)n2)C=CC1. The molecule has 0 fully saturated rings. The van der Waals surface area contributed by atoms with Crippen LogP contribution >= 0.6 is 0 Å². The lowest BCUT2D eigenvalue weighted by atomic mass is 10.1. The highest BCUT2D eigenvalue weighted by molar-refractivity contribution is 7.92. The average Bonchev–Trinajstić information content (AvgIpc) is 2.62. The van der Waals surface area contributed by atoms with Gasteiger partial charge in [0.15, 0.2) is 11.6 Å². The van der Waals surface area contributed by atoms with Crippen LogP contribution in [0.2, 0.25) is 0 Å². The summed E-state index contributed by atoms with van der Waals surface area (Å²) in [4.78, 5) is 7.95. The molecule has 6 N–H and O–H groups in total. The molecule has 0 aliphatic heterocycles. The molecule has 0 saturated heterocycles. The first-order valence-corrected chi connectivity index (χ1v) is 12.0. The lowest BCUT2D eigenvalue weighted by Crippen LogP contribution is -2.11. The second-order valence-electron chi connectivity index (χ2n) is 6.62. The summed E-state index contributed by atoms with van der Waals surface area (Å²) in [5.74, 6) is -0.825. The number of primary sulfonamides is 2. The third-order valence-corrected chi connectivity index (χ3v) is 5.14. The van der Waals surface area contributed by atoms with Crippen molar-refractivity contribution >= 4 is 31.8 Å². The van der Waals surface area contributed by atoms with Crippen LogP contribution < -0.4 is 20.9 Å². The molecule has 0 aromatic carbocycles. The van der Waals surface area contributed by atoms with E-state index in [1.165, 1.54) is 6.08 Å². The topological polar surface area (TPSA) is 170 Å². The molecule has 2 aliphatic rings. The molecule has 13 heteroatoms. The van der Waals surface area contributed by atoms with Crippen LogP contribution in [0, 0.1) is 5.82 Å². The van der Waals surface area contributed by atoms with Crippen molar-refractivity contribution in [3.05, 3.63) is 81.8 Å². The van der Waals surface area contributed by atoms with Gasteiger partial charge in [0, 0.05) is 22.2 Å². The number of hydrogen-bond donors (Lipinski definition) is 4. The Balaban J connectivity index is 1.81. The van der Waals surface area contributed by atoms with Gasteiger partial charge in [-0.05, 0) is 48.3 Å². The van der Waals surface area contributed by atoms with Gasteiger partial charge in [-0.15, -0.1) is 0 Å². The van der Waals surface area contributed by atoms with E-state index in [2.05, 4.69) is 20.6 Å². The van der Waals surface area contributed by atoms with Gasteiger partial charge in [0.25, 0.3) is 0 Å². The highest BCUT2D eigenvalue weighted by Gasteiger charge is 2.12. The first-order valence-electron chi connectivity index (χ1n) is 8.77. The van der Waals surface area contributed by atoms with Gasteiger partial charge in [-0.2, -0.15) is 4.98 Å². The van der Waals surface area contributed by atoms with E-state index in [0.29, 0.717) is 35.4 Å². The number of nitrogens with one attached hydrogen (secondary N) is 2. The van der Waals surface area contributed by atoms with Crippen molar-refractivity contribution in [2.24, 2.45) is 10.3 Å². The molecule has 0 atom stereocenters. The minimum Gasteiger partial charge on any atom is -0.338 e. The first kappa shape index (κ1) is 22.6. The van der Waals surface area contributed by atoms with Gasteiger partial charge in [0.05, 0.1) is 6.20 Å². The quantitative estimate of drug-likeness (QED) is 0.488. The predicted molar refractivity (Wildman–Crippen MR) is 115 cm³/mol. The number of rotatable bonds is 6. The molecule has 0 radical (unpaired) electrons. The summed E-state index contributed by atoms with van der Waals surface area (Å²) in [7, 11) is -7.59. The van der Waals surface area contributed by atoms with Crippen LogP contribution in [0.3, 0.4) is 0 Å². The molecule has 31 heavy (non-hydrogen) atoms. The molecule has 0 saturated carbocycles. The summed E-state index contributed by atoms with van der Waals surface area (Å²) in [5, 5.41) is 17.6. The van der Waals surface area contributed by atoms with Gasteiger partial charge in [-0.25, -0.2) is 36.5 Å². The number of aromatic nitrogens is 2. The van der Waals surface area contributed by atoms with Crippen LogP contribution in [0.25, 0.3) is 0 Å². The van der Waals surface area contributed by atoms with Crippen LogP contribution in [0.15, 0.2) is 76.0 Å². The molecule has 3 rings (SSSR count). The molecule has 10 nitrogen and oxygen atoms in total. The molecule has 0 amide bonds. The fraction of sp³-hybridized carbons (Fsp3) is 0.111. The predicted octanol–water partition coefficient (Wildman–Crippen LogP) is 1.47. The molecule has 1 heterocycles. The summed E-state index contributed by atoms with van der Waals surface area (Å²) in [6.45, 7) is 0. The summed E-state index contributed by atoms with van der Waals surface area (Å²) in [6, 6.07) is 0. The summed E-state index contributed by atoms with van der Waals surface area (Å²) < 4.78 is 59.1. The number of halogens is 1. The maximum atomic E-state index is 14.2. The first-order chi connectivity index (χ1) is 14.5. The Bertz CT molecular complexity index is 1290. The van der Waals surface area contributed by atoms with Crippen LogP contribution in [-0.2, 0) is 20.0 Å². The molecule has 0 spiro atoms. The molecule has 164 valence electrons. The standard InChI is InChI=1S/C18H19FN6O4S2/c19-16-9-22-18(24-15-6-2-4-13(8-15)11-31(21,28)29)25-17(16)23-14-5-1-3-12(7-14)10-30(20,26)27/h1-2,5-11H,3-4H2,(H2,20,26,27)(H2,21,28,29)(H2,22,23,24,25). The summed E-state index contributed by atoms with van der Waals surface area (Å²) >= 11 is 0. The third kappa shape index (κ3) is 7.25. The normalized spacial score (nSPS) is 19.3. The maximum absolute atomic E-state index is 14.2. The average molecular weight is 467 g/mol. The van der Waals surface area contributed by atoms with E-state index in [0.717, 1.165) is 17.0 Å². The third-order valence-electron chi connectivity index (χ3n) is 3.88. The molecular formula is C18H19FN6O4S2. The second-order valence-corrected chi connectivity index (χ2v) is 9.44. The Morgan fingerprint density at radius 1 is 0.903 bits per heavy atom.